The summed E-state index contributed by atoms with van der Waals surface area (Å²) in [6, 6.07) is 10.2. The molecule has 0 aliphatic carbocycles. The third-order valence-electron chi connectivity index (χ3n) is 6.09. The first-order valence-corrected chi connectivity index (χ1v) is 11.5. The van der Waals surface area contributed by atoms with Gasteiger partial charge in [0.1, 0.15) is 5.82 Å². The minimum atomic E-state index is 0.331. The zero-order valence-electron chi connectivity index (χ0n) is 19.4. The van der Waals surface area contributed by atoms with Crippen LogP contribution < -0.4 is 10.6 Å². The molecular formula is C24H31N9. The molecule has 1 aromatic carbocycles. The lowest BCUT2D eigenvalue weighted by Gasteiger charge is -2.30. The van der Waals surface area contributed by atoms with Crippen LogP contribution in [0.25, 0.3) is 11.3 Å². The van der Waals surface area contributed by atoms with E-state index < -0.39 is 0 Å². The highest BCUT2D eigenvalue weighted by molar-refractivity contribution is 5.53. The molecule has 2 N–H and O–H groups in total. The lowest BCUT2D eigenvalue weighted by Crippen LogP contribution is -2.47. The minimum absolute atomic E-state index is 0.331. The summed E-state index contributed by atoms with van der Waals surface area (Å²) in [7, 11) is 2.14. The number of para-hydroxylation sites is 1. The van der Waals surface area contributed by atoms with Gasteiger partial charge in [0.05, 0.1) is 18.4 Å². The molecule has 33 heavy (non-hydrogen) atoms. The first-order chi connectivity index (χ1) is 16.1. The monoisotopic (exact) mass is 445 g/mol. The van der Waals surface area contributed by atoms with Gasteiger partial charge in [-0.3, -0.25) is 4.90 Å². The van der Waals surface area contributed by atoms with Crippen LogP contribution in [0.3, 0.4) is 0 Å². The molecular weight excluding hydrogens is 414 g/mol. The molecule has 9 nitrogen and oxygen atoms in total. The van der Waals surface area contributed by atoms with Crippen LogP contribution in [0.2, 0.25) is 0 Å². The third-order valence-corrected chi connectivity index (χ3v) is 6.09. The maximum Gasteiger partial charge on any atom is 0.227 e. The maximum atomic E-state index is 4.90. The molecule has 1 fully saturated rings. The van der Waals surface area contributed by atoms with E-state index in [9.17, 15) is 0 Å². The molecule has 0 radical (unpaired) electrons. The van der Waals surface area contributed by atoms with Crippen molar-refractivity contribution in [2.45, 2.75) is 32.9 Å². The number of anilines is 1. The number of nitrogens with one attached hydrogen (secondary N) is 2. The number of fused-ring (bicyclic) bond motifs is 1. The fourth-order valence-corrected chi connectivity index (χ4v) is 4.22. The van der Waals surface area contributed by atoms with Crippen LogP contribution in [0.5, 0.6) is 0 Å². The quantitative estimate of drug-likeness (QED) is 0.409. The van der Waals surface area contributed by atoms with Crippen molar-refractivity contribution in [3.63, 3.8) is 0 Å². The summed E-state index contributed by atoms with van der Waals surface area (Å²) >= 11 is 0. The van der Waals surface area contributed by atoms with Crippen LogP contribution >= 0.6 is 0 Å². The van der Waals surface area contributed by atoms with Crippen molar-refractivity contribution in [2.24, 2.45) is 5.92 Å². The topological polar surface area (TPSA) is 88.2 Å². The molecule has 172 valence electrons. The molecule has 0 bridgehead atoms. The average Bonchev–Trinajstić information content (AvgIpc) is 3.45. The van der Waals surface area contributed by atoms with Crippen LogP contribution in [-0.2, 0) is 13.1 Å². The highest BCUT2D eigenvalue weighted by atomic mass is 15.4. The van der Waals surface area contributed by atoms with E-state index >= 15 is 0 Å². The number of hydrogen-bond acceptors (Lipinski definition) is 7. The van der Waals surface area contributed by atoms with Crippen LogP contribution in [-0.4, -0.2) is 60.9 Å². The van der Waals surface area contributed by atoms with Crippen molar-refractivity contribution in [1.29, 1.82) is 0 Å². The molecule has 0 unspecified atom stereocenters. The largest absolute Gasteiger partial charge is 0.350 e. The summed E-state index contributed by atoms with van der Waals surface area (Å²) in [5, 5.41) is 15.9. The lowest BCUT2D eigenvalue weighted by molar-refractivity contribution is 0.215. The second-order valence-electron chi connectivity index (χ2n) is 9.11. The van der Waals surface area contributed by atoms with E-state index in [0.29, 0.717) is 30.9 Å². The molecule has 1 aliphatic rings. The van der Waals surface area contributed by atoms with Gasteiger partial charge in [0.25, 0.3) is 0 Å². The first kappa shape index (κ1) is 21.5. The molecule has 0 amide bonds. The lowest BCUT2D eigenvalue weighted by atomic mass is 10.0. The van der Waals surface area contributed by atoms with Gasteiger partial charge in [-0.15, -0.1) is 0 Å². The first-order valence-electron chi connectivity index (χ1n) is 11.5. The number of benzene rings is 1. The SMILES string of the molecule is CC(C)c1cnn2c(NCc3ccccc3-n3cccn3)nc(CN(C)CC3CNC3)nc12. The number of aromatic nitrogens is 6. The zero-order valence-corrected chi connectivity index (χ0v) is 19.4. The molecule has 0 saturated carbocycles. The Morgan fingerprint density at radius 1 is 1.15 bits per heavy atom. The summed E-state index contributed by atoms with van der Waals surface area (Å²) in [5.41, 5.74) is 4.17. The molecule has 3 aromatic heterocycles. The summed E-state index contributed by atoms with van der Waals surface area (Å²) < 4.78 is 3.71. The molecule has 1 saturated heterocycles. The Hall–Kier alpha value is -3.30. The van der Waals surface area contributed by atoms with Crippen molar-refractivity contribution in [2.75, 3.05) is 32.0 Å². The fraction of sp³-hybridized carbons (Fsp3) is 0.417. The van der Waals surface area contributed by atoms with Crippen LogP contribution in [0.4, 0.5) is 5.95 Å². The standard InChI is InChI=1S/C24H31N9/c1-17(2)20-14-28-33-23(20)29-22(16-31(3)15-18-11-25-12-18)30-24(33)26-13-19-7-4-5-8-21(19)32-10-6-9-27-32/h4-10,14,17-18,25H,11-13,15-16H2,1-3H3,(H,26,29,30). The van der Waals surface area contributed by atoms with Gasteiger partial charge in [-0.25, -0.2) is 9.67 Å². The van der Waals surface area contributed by atoms with Crippen LogP contribution in [0.15, 0.2) is 48.9 Å². The van der Waals surface area contributed by atoms with Crippen molar-refractivity contribution in [3.8, 4) is 5.69 Å². The number of nitrogens with zero attached hydrogens (tertiary/aromatic N) is 7. The molecule has 0 spiro atoms. The summed E-state index contributed by atoms with van der Waals surface area (Å²) in [5.74, 6) is 2.55. The Balaban J connectivity index is 1.43. The van der Waals surface area contributed by atoms with E-state index in [1.807, 2.05) is 39.8 Å². The second kappa shape index (κ2) is 9.29. The predicted molar refractivity (Wildman–Crippen MR) is 128 cm³/mol. The molecule has 9 heteroatoms. The second-order valence-corrected chi connectivity index (χ2v) is 9.11. The van der Waals surface area contributed by atoms with Crippen molar-refractivity contribution in [3.05, 3.63) is 65.9 Å². The number of rotatable bonds is 9. The Morgan fingerprint density at radius 3 is 2.73 bits per heavy atom. The van der Waals surface area contributed by atoms with Gasteiger partial charge in [-0.1, -0.05) is 32.0 Å². The Labute approximate surface area is 193 Å². The normalized spacial score (nSPS) is 14.3. The summed E-state index contributed by atoms with van der Waals surface area (Å²) in [6.07, 6.45) is 5.65. The van der Waals surface area contributed by atoms with Crippen LogP contribution in [0, 0.1) is 5.92 Å². The molecule has 0 atom stereocenters. The minimum Gasteiger partial charge on any atom is -0.350 e. The third kappa shape index (κ3) is 4.60. The Bertz CT molecular complexity index is 1210. The summed E-state index contributed by atoms with van der Waals surface area (Å²) in [4.78, 5) is 12.1. The van der Waals surface area contributed by atoms with Crippen molar-refractivity contribution < 1.29 is 0 Å². The molecule has 5 rings (SSSR count). The van der Waals surface area contributed by atoms with Gasteiger partial charge in [-0.05, 0) is 36.6 Å². The van der Waals surface area contributed by atoms with E-state index in [1.165, 1.54) is 0 Å². The zero-order chi connectivity index (χ0) is 22.8. The van der Waals surface area contributed by atoms with Gasteiger partial charge in [0, 0.05) is 44.1 Å². The van der Waals surface area contributed by atoms with E-state index in [0.717, 1.165) is 47.9 Å². The average molecular weight is 446 g/mol. The smallest absolute Gasteiger partial charge is 0.227 e. The highest BCUT2D eigenvalue weighted by Crippen LogP contribution is 2.22. The summed E-state index contributed by atoms with van der Waals surface area (Å²) in [6.45, 7) is 8.86. The van der Waals surface area contributed by atoms with E-state index in [2.05, 4.69) is 58.8 Å². The molecule has 4 aromatic rings. The highest BCUT2D eigenvalue weighted by Gasteiger charge is 2.20. The maximum absolute atomic E-state index is 4.90. The Kier molecular flexibility index (Phi) is 6.06. The Morgan fingerprint density at radius 2 is 2.00 bits per heavy atom. The van der Waals surface area contributed by atoms with Crippen LogP contribution in [0.1, 0.15) is 36.7 Å². The predicted octanol–water partition coefficient (Wildman–Crippen LogP) is 2.70. The molecule has 1 aliphatic heterocycles. The van der Waals surface area contributed by atoms with Gasteiger partial charge in [-0.2, -0.15) is 19.7 Å². The van der Waals surface area contributed by atoms with E-state index in [-0.39, 0.29) is 0 Å². The van der Waals surface area contributed by atoms with E-state index in [4.69, 9.17) is 9.97 Å². The van der Waals surface area contributed by atoms with Gasteiger partial charge in [0.15, 0.2) is 5.65 Å². The van der Waals surface area contributed by atoms with E-state index in [1.54, 1.807) is 6.20 Å². The van der Waals surface area contributed by atoms with Gasteiger partial charge in [0.2, 0.25) is 5.95 Å². The molecule has 4 heterocycles. The van der Waals surface area contributed by atoms with Gasteiger partial charge >= 0.3 is 0 Å². The van der Waals surface area contributed by atoms with Crippen molar-refractivity contribution in [1.82, 2.24) is 39.6 Å². The van der Waals surface area contributed by atoms with Crippen molar-refractivity contribution >= 4 is 11.6 Å². The number of hydrogen-bond donors (Lipinski definition) is 2. The fourth-order valence-electron chi connectivity index (χ4n) is 4.22. The van der Waals surface area contributed by atoms with Gasteiger partial charge < -0.3 is 10.6 Å².